The Kier molecular flexibility index (Phi) is 3.89. The zero-order valence-electron chi connectivity index (χ0n) is 15.2. The maximum atomic E-state index is 12.2. The maximum absolute atomic E-state index is 12.2. The van der Waals surface area contributed by atoms with E-state index in [-0.39, 0.29) is 11.9 Å². The Balaban J connectivity index is 1.57. The highest BCUT2D eigenvalue weighted by atomic mass is 16.5. The summed E-state index contributed by atoms with van der Waals surface area (Å²) in [7, 11) is 0. The highest BCUT2D eigenvalue weighted by Crippen LogP contribution is 2.43. The molecule has 25 heavy (non-hydrogen) atoms. The summed E-state index contributed by atoms with van der Waals surface area (Å²) in [5, 5.41) is 4.26. The minimum atomic E-state index is -0.184. The number of amides is 1. The van der Waals surface area contributed by atoms with Gasteiger partial charge in [0.05, 0.1) is 0 Å². The van der Waals surface area contributed by atoms with E-state index in [1.807, 2.05) is 18.2 Å². The molecule has 1 saturated carbocycles. The number of rotatable bonds is 2. The second-order valence-electron chi connectivity index (χ2n) is 8.17. The molecule has 0 spiro atoms. The van der Waals surface area contributed by atoms with Crippen molar-refractivity contribution in [1.29, 1.82) is 0 Å². The fourth-order valence-electron chi connectivity index (χ4n) is 4.18. The SMILES string of the molecule is CC(=O)N1c2ccccc2C[C@H]1c1nc(C2CCC(C)(C)CC2)no1. The second-order valence-corrected chi connectivity index (χ2v) is 8.17. The molecule has 1 aliphatic heterocycles. The number of aromatic nitrogens is 2. The summed E-state index contributed by atoms with van der Waals surface area (Å²) < 4.78 is 5.61. The molecule has 5 nitrogen and oxygen atoms in total. The van der Waals surface area contributed by atoms with Gasteiger partial charge in [-0.25, -0.2) is 0 Å². The van der Waals surface area contributed by atoms with Crippen molar-refractivity contribution < 1.29 is 9.32 Å². The quantitative estimate of drug-likeness (QED) is 0.813. The summed E-state index contributed by atoms with van der Waals surface area (Å²) in [5.41, 5.74) is 2.53. The lowest BCUT2D eigenvalue weighted by Crippen LogP contribution is -2.30. The molecule has 4 rings (SSSR count). The summed E-state index contributed by atoms with van der Waals surface area (Å²) in [6, 6.07) is 7.82. The summed E-state index contributed by atoms with van der Waals surface area (Å²) >= 11 is 0. The Morgan fingerprint density at radius 3 is 2.68 bits per heavy atom. The molecule has 1 aromatic heterocycles. The summed E-state index contributed by atoms with van der Waals surface area (Å²) in [5.74, 6) is 1.75. The average molecular weight is 339 g/mol. The number of para-hydroxylation sites is 1. The van der Waals surface area contributed by atoms with Crippen molar-refractivity contribution in [3.63, 3.8) is 0 Å². The van der Waals surface area contributed by atoms with Crippen LogP contribution in [-0.2, 0) is 11.2 Å². The van der Waals surface area contributed by atoms with Crippen molar-refractivity contribution in [2.45, 2.75) is 64.8 Å². The molecule has 1 atom stereocenters. The molecule has 0 bridgehead atoms. The summed E-state index contributed by atoms with van der Waals surface area (Å²) in [6.45, 7) is 6.24. The third-order valence-corrected chi connectivity index (χ3v) is 5.76. The van der Waals surface area contributed by atoms with Crippen LogP contribution in [0.1, 0.15) is 75.7 Å². The molecule has 1 aliphatic carbocycles. The van der Waals surface area contributed by atoms with Crippen molar-refractivity contribution in [3.8, 4) is 0 Å². The van der Waals surface area contributed by atoms with Gasteiger partial charge in [0.2, 0.25) is 11.8 Å². The Bertz CT molecular complexity index is 786. The zero-order chi connectivity index (χ0) is 17.6. The van der Waals surface area contributed by atoms with E-state index in [1.54, 1.807) is 11.8 Å². The van der Waals surface area contributed by atoms with Crippen LogP contribution in [0, 0.1) is 5.41 Å². The number of hydrogen-bond donors (Lipinski definition) is 0. The van der Waals surface area contributed by atoms with Gasteiger partial charge < -0.3 is 4.52 Å². The van der Waals surface area contributed by atoms with Crippen LogP contribution >= 0.6 is 0 Å². The van der Waals surface area contributed by atoms with Gasteiger partial charge in [0, 0.05) is 24.9 Å². The molecule has 2 aliphatic rings. The maximum Gasteiger partial charge on any atom is 0.250 e. The third-order valence-electron chi connectivity index (χ3n) is 5.76. The smallest absolute Gasteiger partial charge is 0.250 e. The number of hydrogen-bond acceptors (Lipinski definition) is 4. The van der Waals surface area contributed by atoms with E-state index in [1.165, 1.54) is 12.8 Å². The molecule has 2 heterocycles. The van der Waals surface area contributed by atoms with E-state index in [9.17, 15) is 4.79 Å². The van der Waals surface area contributed by atoms with E-state index >= 15 is 0 Å². The fourth-order valence-corrected chi connectivity index (χ4v) is 4.18. The van der Waals surface area contributed by atoms with Gasteiger partial charge in [-0.05, 0) is 42.7 Å². The summed E-state index contributed by atoms with van der Waals surface area (Å²) in [4.78, 5) is 18.7. The fraction of sp³-hybridized carbons (Fsp3) is 0.550. The predicted molar refractivity (Wildman–Crippen MR) is 95.3 cm³/mol. The van der Waals surface area contributed by atoms with Gasteiger partial charge in [0.25, 0.3) is 0 Å². The first kappa shape index (κ1) is 16.3. The van der Waals surface area contributed by atoms with Crippen LogP contribution in [0.2, 0.25) is 0 Å². The highest BCUT2D eigenvalue weighted by molar-refractivity contribution is 5.94. The highest BCUT2D eigenvalue weighted by Gasteiger charge is 2.37. The monoisotopic (exact) mass is 339 g/mol. The van der Waals surface area contributed by atoms with Crippen LogP contribution in [-0.4, -0.2) is 16.0 Å². The lowest BCUT2D eigenvalue weighted by atomic mass is 9.73. The Morgan fingerprint density at radius 1 is 1.24 bits per heavy atom. The van der Waals surface area contributed by atoms with Crippen molar-refractivity contribution in [1.82, 2.24) is 10.1 Å². The minimum absolute atomic E-state index is 0.00844. The van der Waals surface area contributed by atoms with E-state index in [2.05, 4.69) is 25.1 Å². The van der Waals surface area contributed by atoms with Crippen LogP contribution < -0.4 is 4.90 Å². The number of fused-ring (bicyclic) bond motifs is 1. The molecule has 132 valence electrons. The first-order valence-electron chi connectivity index (χ1n) is 9.16. The second kappa shape index (κ2) is 5.97. The number of anilines is 1. The van der Waals surface area contributed by atoms with Gasteiger partial charge in [-0.1, -0.05) is 37.2 Å². The van der Waals surface area contributed by atoms with Gasteiger partial charge in [-0.3, -0.25) is 9.69 Å². The average Bonchev–Trinajstić information content (AvgIpc) is 3.19. The van der Waals surface area contributed by atoms with E-state index in [0.717, 1.165) is 36.3 Å². The Morgan fingerprint density at radius 2 is 1.96 bits per heavy atom. The first-order valence-corrected chi connectivity index (χ1v) is 9.16. The normalized spacial score (nSPS) is 22.8. The first-order chi connectivity index (χ1) is 11.9. The van der Waals surface area contributed by atoms with Crippen LogP contribution in [0.3, 0.4) is 0 Å². The molecule has 0 N–H and O–H groups in total. The van der Waals surface area contributed by atoms with Crippen LogP contribution in [0.5, 0.6) is 0 Å². The Hall–Kier alpha value is -2.17. The number of benzene rings is 1. The van der Waals surface area contributed by atoms with Gasteiger partial charge in [0.15, 0.2) is 5.82 Å². The number of nitrogens with zero attached hydrogens (tertiary/aromatic N) is 3. The number of carbonyl (C=O) groups is 1. The lowest BCUT2D eigenvalue weighted by Gasteiger charge is -2.32. The molecular formula is C20H25N3O2. The minimum Gasteiger partial charge on any atom is -0.337 e. The molecule has 1 amide bonds. The summed E-state index contributed by atoms with van der Waals surface area (Å²) in [6.07, 6.45) is 5.32. The van der Waals surface area contributed by atoms with Crippen LogP contribution in [0.15, 0.2) is 28.8 Å². The van der Waals surface area contributed by atoms with E-state index < -0.39 is 0 Å². The van der Waals surface area contributed by atoms with Crippen molar-refractivity contribution >= 4 is 11.6 Å². The molecule has 2 aromatic rings. The topological polar surface area (TPSA) is 59.2 Å². The largest absolute Gasteiger partial charge is 0.337 e. The molecule has 5 heteroatoms. The standard InChI is InChI=1S/C20H25N3O2/c1-13(24)23-16-7-5-4-6-15(16)12-17(23)19-21-18(22-25-19)14-8-10-20(2,3)11-9-14/h4-7,14,17H,8-12H2,1-3H3/t17-/m0/s1. The van der Waals surface area contributed by atoms with Gasteiger partial charge in [-0.2, -0.15) is 4.98 Å². The van der Waals surface area contributed by atoms with Crippen LogP contribution in [0.4, 0.5) is 5.69 Å². The lowest BCUT2D eigenvalue weighted by molar-refractivity contribution is -0.117. The molecule has 0 unspecified atom stereocenters. The van der Waals surface area contributed by atoms with Crippen molar-refractivity contribution in [2.24, 2.45) is 5.41 Å². The van der Waals surface area contributed by atoms with Gasteiger partial charge >= 0.3 is 0 Å². The van der Waals surface area contributed by atoms with Gasteiger partial charge in [0.1, 0.15) is 6.04 Å². The molecule has 1 fully saturated rings. The molecular weight excluding hydrogens is 314 g/mol. The van der Waals surface area contributed by atoms with Gasteiger partial charge in [-0.15, -0.1) is 0 Å². The van der Waals surface area contributed by atoms with Crippen molar-refractivity contribution in [2.75, 3.05) is 4.90 Å². The zero-order valence-corrected chi connectivity index (χ0v) is 15.2. The van der Waals surface area contributed by atoms with Crippen molar-refractivity contribution in [3.05, 3.63) is 41.5 Å². The molecule has 1 aromatic carbocycles. The van der Waals surface area contributed by atoms with Crippen LogP contribution in [0.25, 0.3) is 0 Å². The number of carbonyl (C=O) groups excluding carboxylic acids is 1. The van der Waals surface area contributed by atoms with E-state index in [4.69, 9.17) is 9.51 Å². The third kappa shape index (κ3) is 2.96. The van der Waals surface area contributed by atoms with E-state index in [0.29, 0.717) is 17.2 Å². The predicted octanol–water partition coefficient (Wildman–Crippen LogP) is 4.40. The Labute approximate surface area is 148 Å². The molecule has 0 radical (unpaired) electrons. The molecule has 0 saturated heterocycles.